The summed E-state index contributed by atoms with van der Waals surface area (Å²) in [4.78, 5) is 0. The average molecular weight is 296 g/mol. The topological polar surface area (TPSA) is 37.8 Å². The normalized spacial score (nSPS) is 10.8. The van der Waals surface area contributed by atoms with Gasteiger partial charge in [0.2, 0.25) is 0 Å². The van der Waals surface area contributed by atoms with E-state index < -0.39 is 0 Å². The number of nitrogens with zero attached hydrogens (tertiary/aromatic N) is 2. The van der Waals surface area contributed by atoms with E-state index in [4.69, 9.17) is 23.2 Å². The van der Waals surface area contributed by atoms with Crippen LogP contribution in [0.4, 0.5) is 11.5 Å². The molecule has 2 aromatic heterocycles. The van der Waals surface area contributed by atoms with Crippen molar-refractivity contribution in [1.29, 1.82) is 0 Å². The van der Waals surface area contributed by atoms with E-state index in [9.17, 15) is 0 Å². The molecule has 0 atom stereocenters. The van der Waals surface area contributed by atoms with Gasteiger partial charge >= 0.3 is 0 Å². The zero-order valence-corrected chi connectivity index (χ0v) is 11.4. The van der Waals surface area contributed by atoms with Crippen LogP contribution in [0.1, 0.15) is 0 Å². The molecule has 90 valence electrons. The number of benzene rings is 1. The second kappa shape index (κ2) is 4.72. The van der Waals surface area contributed by atoms with E-state index in [0.717, 1.165) is 15.8 Å². The van der Waals surface area contributed by atoms with Crippen molar-refractivity contribution in [2.45, 2.75) is 0 Å². The number of hydrogen-bond donors (Lipinski definition) is 1. The molecule has 0 fully saturated rings. The molecule has 0 saturated carbocycles. The van der Waals surface area contributed by atoms with Crippen LogP contribution < -0.4 is 5.32 Å². The van der Waals surface area contributed by atoms with E-state index in [0.29, 0.717) is 16.0 Å². The summed E-state index contributed by atoms with van der Waals surface area (Å²) in [6.07, 6.45) is 0. The zero-order valence-electron chi connectivity index (χ0n) is 9.02. The van der Waals surface area contributed by atoms with Crippen molar-refractivity contribution < 1.29 is 0 Å². The summed E-state index contributed by atoms with van der Waals surface area (Å²) in [5.41, 5.74) is 0.906. The van der Waals surface area contributed by atoms with Gasteiger partial charge in [-0.15, -0.1) is 21.5 Å². The zero-order chi connectivity index (χ0) is 12.5. The Labute approximate surface area is 117 Å². The van der Waals surface area contributed by atoms with Gasteiger partial charge in [0, 0.05) is 16.1 Å². The van der Waals surface area contributed by atoms with Gasteiger partial charge in [0.1, 0.15) is 0 Å². The van der Waals surface area contributed by atoms with Gasteiger partial charge in [0.15, 0.2) is 11.0 Å². The quantitative estimate of drug-likeness (QED) is 0.742. The lowest BCUT2D eigenvalue weighted by Crippen LogP contribution is -1.96. The van der Waals surface area contributed by atoms with Gasteiger partial charge < -0.3 is 5.32 Å². The molecule has 0 spiro atoms. The molecular weight excluding hydrogens is 289 g/mol. The Balaban J connectivity index is 2.02. The number of halogens is 2. The van der Waals surface area contributed by atoms with Crippen LogP contribution in [0.5, 0.6) is 0 Å². The van der Waals surface area contributed by atoms with Gasteiger partial charge in [0.25, 0.3) is 0 Å². The van der Waals surface area contributed by atoms with Crippen LogP contribution in [0.25, 0.3) is 10.1 Å². The van der Waals surface area contributed by atoms with Gasteiger partial charge in [0.05, 0.1) is 4.70 Å². The number of thiophene rings is 1. The molecule has 6 heteroatoms. The fraction of sp³-hybridized carbons (Fsp3) is 0. The molecule has 0 aliphatic carbocycles. The second-order valence-corrected chi connectivity index (χ2v) is 5.35. The van der Waals surface area contributed by atoms with E-state index >= 15 is 0 Å². The van der Waals surface area contributed by atoms with Crippen LogP contribution in [-0.4, -0.2) is 10.2 Å². The molecule has 0 saturated heterocycles. The maximum Gasteiger partial charge on any atom is 0.169 e. The molecule has 1 aromatic carbocycles. The fourth-order valence-corrected chi connectivity index (χ4v) is 2.78. The number of nitrogens with one attached hydrogen (secondary N) is 1. The largest absolute Gasteiger partial charge is 0.338 e. The van der Waals surface area contributed by atoms with Crippen molar-refractivity contribution in [2.24, 2.45) is 0 Å². The van der Waals surface area contributed by atoms with Gasteiger partial charge in [-0.05, 0) is 35.7 Å². The molecular formula is C12H7Cl2N3S. The number of anilines is 2. The highest BCUT2D eigenvalue weighted by Crippen LogP contribution is 2.32. The summed E-state index contributed by atoms with van der Waals surface area (Å²) >= 11 is 13.4. The van der Waals surface area contributed by atoms with Gasteiger partial charge in [-0.25, -0.2) is 0 Å². The first-order chi connectivity index (χ1) is 8.74. The van der Waals surface area contributed by atoms with Crippen LogP contribution >= 0.6 is 34.5 Å². The van der Waals surface area contributed by atoms with Gasteiger partial charge in [-0.3, -0.25) is 0 Å². The molecule has 0 unspecified atom stereocenters. The molecule has 3 rings (SSSR count). The lowest BCUT2D eigenvalue weighted by molar-refractivity contribution is 1.06. The standard InChI is InChI=1S/C12H7Cl2N3S/c13-7-1-3-8(4-2-7)15-12-9-5-6-18-10(9)11(14)16-17-12/h1-6H,(H,15,17). The summed E-state index contributed by atoms with van der Waals surface area (Å²) in [6.45, 7) is 0. The lowest BCUT2D eigenvalue weighted by atomic mass is 10.3. The van der Waals surface area contributed by atoms with Crippen molar-refractivity contribution in [3.63, 3.8) is 0 Å². The number of rotatable bonds is 2. The minimum Gasteiger partial charge on any atom is -0.338 e. The van der Waals surface area contributed by atoms with Crippen LogP contribution in [0.15, 0.2) is 35.7 Å². The Bertz CT molecular complexity index is 694. The Morgan fingerprint density at radius 2 is 1.78 bits per heavy atom. The van der Waals surface area contributed by atoms with E-state index in [2.05, 4.69) is 15.5 Å². The van der Waals surface area contributed by atoms with E-state index in [1.807, 2.05) is 35.7 Å². The van der Waals surface area contributed by atoms with E-state index in [1.54, 1.807) is 11.3 Å². The maximum atomic E-state index is 5.99. The minimum absolute atomic E-state index is 0.432. The molecule has 0 radical (unpaired) electrons. The van der Waals surface area contributed by atoms with Crippen molar-refractivity contribution in [3.8, 4) is 0 Å². The summed E-state index contributed by atoms with van der Waals surface area (Å²) in [5, 5.41) is 15.3. The first-order valence-electron chi connectivity index (χ1n) is 5.16. The molecule has 0 bridgehead atoms. The highest BCUT2D eigenvalue weighted by atomic mass is 35.5. The predicted octanol–water partition coefficient (Wildman–Crippen LogP) is 4.74. The van der Waals surface area contributed by atoms with Crippen molar-refractivity contribution in [3.05, 3.63) is 45.9 Å². The van der Waals surface area contributed by atoms with E-state index in [1.165, 1.54) is 0 Å². The van der Waals surface area contributed by atoms with E-state index in [-0.39, 0.29) is 0 Å². The van der Waals surface area contributed by atoms with Crippen molar-refractivity contribution in [2.75, 3.05) is 5.32 Å². The summed E-state index contributed by atoms with van der Waals surface area (Å²) in [6, 6.07) is 9.38. The molecule has 18 heavy (non-hydrogen) atoms. The molecule has 0 aliphatic heterocycles. The Morgan fingerprint density at radius 1 is 1.00 bits per heavy atom. The third-order valence-electron chi connectivity index (χ3n) is 2.45. The van der Waals surface area contributed by atoms with Gasteiger partial charge in [-0.2, -0.15) is 0 Å². The van der Waals surface area contributed by atoms with Gasteiger partial charge in [-0.1, -0.05) is 23.2 Å². The summed E-state index contributed by atoms with van der Waals surface area (Å²) in [7, 11) is 0. The van der Waals surface area contributed by atoms with Crippen molar-refractivity contribution >= 4 is 56.1 Å². The Kier molecular flexibility index (Phi) is 3.07. The Hall–Kier alpha value is -1.36. The average Bonchev–Trinajstić information content (AvgIpc) is 2.86. The summed E-state index contributed by atoms with van der Waals surface area (Å²) < 4.78 is 0.933. The highest BCUT2D eigenvalue weighted by Gasteiger charge is 2.09. The molecule has 0 aliphatic rings. The maximum absolute atomic E-state index is 5.99. The molecule has 1 N–H and O–H groups in total. The molecule has 2 heterocycles. The SMILES string of the molecule is Clc1ccc(Nc2nnc(Cl)c3sccc23)cc1. The van der Waals surface area contributed by atoms with Crippen LogP contribution in [0, 0.1) is 0 Å². The highest BCUT2D eigenvalue weighted by molar-refractivity contribution is 7.17. The summed E-state index contributed by atoms with van der Waals surface area (Å²) in [5.74, 6) is 0.693. The first-order valence-corrected chi connectivity index (χ1v) is 6.79. The molecule has 3 nitrogen and oxygen atoms in total. The van der Waals surface area contributed by atoms with Crippen LogP contribution in [0.2, 0.25) is 10.2 Å². The predicted molar refractivity (Wildman–Crippen MR) is 77.2 cm³/mol. The second-order valence-electron chi connectivity index (χ2n) is 3.63. The third kappa shape index (κ3) is 2.14. The smallest absolute Gasteiger partial charge is 0.169 e. The number of hydrogen-bond acceptors (Lipinski definition) is 4. The first kappa shape index (κ1) is 11.7. The number of fused-ring (bicyclic) bond motifs is 1. The van der Waals surface area contributed by atoms with Crippen LogP contribution in [0.3, 0.4) is 0 Å². The third-order valence-corrected chi connectivity index (χ3v) is 4.00. The number of aromatic nitrogens is 2. The Morgan fingerprint density at radius 3 is 2.56 bits per heavy atom. The fourth-order valence-electron chi connectivity index (χ4n) is 1.61. The molecule has 0 amide bonds. The lowest BCUT2D eigenvalue weighted by Gasteiger charge is -2.06. The van der Waals surface area contributed by atoms with Crippen molar-refractivity contribution in [1.82, 2.24) is 10.2 Å². The molecule has 3 aromatic rings. The van der Waals surface area contributed by atoms with Crippen LogP contribution in [-0.2, 0) is 0 Å². The minimum atomic E-state index is 0.432. The monoisotopic (exact) mass is 295 g/mol.